The fourth-order valence-corrected chi connectivity index (χ4v) is 4.20. The van der Waals surface area contributed by atoms with Crippen molar-refractivity contribution in [3.63, 3.8) is 0 Å². The number of thiophene rings is 1. The van der Waals surface area contributed by atoms with Crippen molar-refractivity contribution in [2.45, 2.75) is 31.5 Å². The molecule has 29 heavy (non-hydrogen) atoms. The van der Waals surface area contributed by atoms with Crippen LogP contribution in [-0.2, 0) is 11.3 Å². The number of nitrogens with one attached hydrogen (secondary N) is 1. The zero-order valence-corrected chi connectivity index (χ0v) is 16.7. The summed E-state index contributed by atoms with van der Waals surface area (Å²) < 4.78 is 26.5. The number of hydrogen-bond acceptors (Lipinski definition) is 3. The Morgan fingerprint density at radius 3 is 2.28 bits per heavy atom. The van der Waals surface area contributed by atoms with Crippen molar-refractivity contribution >= 4 is 17.2 Å². The van der Waals surface area contributed by atoms with Crippen molar-refractivity contribution in [1.82, 2.24) is 10.2 Å². The highest BCUT2D eigenvalue weighted by atomic mass is 32.1. The highest BCUT2D eigenvalue weighted by Crippen LogP contribution is 2.29. The third kappa shape index (κ3) is 5.28. The van der Waals surface area contributed by atoms with Gasteiger partial charge in [-0.3, -0.25) is 9.69 Å². The van der Waals surface area contributed by atoms with Gasteiger partial charge in [-0.1, -0.05) is 30.3 Å². The van der Waals surface area contributed by atoms with Crippen molar-refractivity contribution in [2.75, 3.05) is 6.54 Å². The maximum absolute atomic E-state index is 13.3. The Morgan fingerprint density at radius 2 is 1.69 bits per heavy atom. The van der Waals surface area contributed by atoms with Crippen LogP contribution >= 0.6 is 11.3 Å². The molecule has 4 rings (SSSR count). The van der Waals surface area contributed by atoms with Gasteiger partial charge in [0.2, 0.25) is 5.91 Å². The van der Waals surface area contributed by atoms with Gasteiger partial charge in [0.1, 0.15) is 11.6 Å². The van der Waals surface area contributed by atoms with Crippen LogP contribution in [0.1, 0.15) is 34.9 Å². The van der Waals surface area contributed by atoms with Crippen LogP contribution in [0.4, 0.5) is 8.78 Å². The van der Waals surface area contributed by atoms with Crippen LogP contribution in [0, 0.1) is 11.6 Å². The SMILES string of the molecule is O=C(CN(Cc1ccc(F)cc1)C1CC1)NC(c1ccc(F)cc1)c1cccs1. The standard InChI is InChI=1S/C23H22F2N2OS/c24-18-7-3-16(4-8-18)14-27(20-11-12-20)15-22(28)26-23(21-2-1-13-29-21)17-5-9-19(25)10-6-17/h1-10,13,20,23H,11-12,14-15H2,(H,26,28). The average molecular weight is 413 g/mol. The number of amides is 1. The Bertz CT molecular complexity index is 938. The van der Waals surface area contributed by atoms with Crippen molar-refractivity contribution in [3.8, 4) is 0 Å². The van der Waals surface area contributed by atoms with Gasteiger partial charge in [-0.2, -0.15) is 0 Å². The number of rotatable bonds is 8. The van der Waals surface area contributed by atoms with E-state index in [2.05, 4.69) is 10.2 Å². The summed E-state index contributed by atoms with van der Waals surface area (Å²) in [6.45, 7) is 0.879. The third-order valence-electron chi connectivity index (χ3n) is 5.05. The Morgan fingerprint density at radius 1 is 1.03 bits per heavy atom. The predicted molar refractivity (Wildman–Crippen MR) is 111 cm³/mol. The maximum Gasteiger partial charge on any atom is 0.234 e. The van der Waals surface area contributed by atoms with E-state index in [1.165, 1.54) is 24.3 Å². The maximum atomic E-state index is 13.3. The summed E-state index contributed by atoms with van der Waals surface area (Å²) in [4.78, 5) is 16.0. The van der Waals surface area contributed by atoms with E-state index in [4.69, 9.17) is 0 Å². The quantitative estimate of drug-likeness (QED) is 0.571. The highest BCUT2D eigenvalue weighted by Gasteiger charge is 2.31. The number of nitrogens with zero attached hydrogens (tertiary/aromatic N) is 1. The largest absolute Gasteiger partial charge is 0.343 e. The van der Waals surface area contributed by atoms with E-state index in [0.29, 0.717) is 12.6 Å². The van der Waals surface area contributed by atoms with Crippen LogP contribution in [-0.4, -0.2) is 23.4 Å². The van der Waals surface area contributed by atoms with E-state index in [1.54, 1.807) is 35.6 Å². The summed E-state index contributed by atoms with van der Waals surface area (Å²) in [5.74, 6) is -0.645. The minimum absolute atomic E-state index is 0.0817. The molecule has 1 fully saturated rings. The van der Waals surface area contributed by atoms with Crippen molar-refractivity contribution in [1.29, 1.82) is 0 Å². The van der Waals surface area contributed by atoms with E-state index < -0.39 is 0 Å². The fourth-order valence-electron chi connectivity index (χ4n) is 3.40. The number of halogens is 2. The fraction of sp³-hybridized carbons (Fsp3) is 0.261. The molecule has 1 aliphatic rings. The molecule has 0 spiro atoms. The molecule has 2 aromatic carbocycles. The third-order valence-corrected chi connectivity index (χ3v) is 5.98. The Labute approximate surface area is 173 Å². The lowest BCUT2D eigenvalue weighted by atomic mass is 10.1. The smallest absolute Gasteiger partial charge is 0.234 e. The number of benzene rings is 2. The summed E-state index contributed by atoms with van der Waals surface area (Å²) in [7, 11) is 0. The normalized spacial score (nSPS) is 14.7. The molecule has 1 aliphatic carbocycles. The molecule has 1 amide bonds. The van der Waals surface area contributed by atoms with Gasteiger partial charge in [0.15, 0.2) is 0 Å². The van der Waals surface area contributed by atoms with Gasteiger partial charge in [0.25, 0.3) is 0 Å². The topological polar surface area (TPSA) is 32.3 Å². The molecule has 1 unspecified atom stereocenters. The molecular weight excluding hydrogens is 390 g/mol. The van der Waals surface area contributed by atoms with E-state index in [1.807, 2.05) is 17.5 Å². The van der Waals surface area contributed by atoms with E-state index in [0.717, 1.165) is 28.8 Å². The van der Waals surface area contributed by atoms with Gasteiger partial charge in [0.05, 0.1) is 12.6 Å². The number of carbonyl (C=O) groups excluding carboxylic acids is 1. The van der Waals surface area contributed by atoms with Gasteiger partial charge in [-0.25, -0.2) is 8.78 Å². The summed E-state index contributed by atoms with van der Waals surface area (Å²) in [5, 5.41) is 5.07. The lowest BCUT2D eigenvalue weighted by molar-refractivity contribution is -0.123. The van der Waals surface area contributed by atoms with E-state index >= 15 is 0 Å². The van der Waals surface area contributed by atoms with Crippen molar-refractivity contribution in [2.24, 2.45) is 0 Å². The second-order valence-electron chi connectivity index (χ2n) is 7.33. The molecule has 0 saturated heterocycles. The summed E-state index contributed by atoms with van der Waals surface area (Å²) >= 11 is 1.56. The molecule has 0 bridgehead atoms. The molecule has 150 valence electrons. The first-order valence-corrected chi connectivity index (χ1v) is 10.5. The summed E-state index contributed by atoms with van der Waals surface area (Å²) in [6, 6.07) is 16.6. The van der Waals surface area contributed by atoms with Crippen LogP contribution in [0.25, 0.3) is 0 Å². The molecule has 3 nitrogen and oxygen atoms in total. The van der Waals surface area contributed by atoms with E-state index in [9.17, 15) is 13.6 Å². The lowest BCUT2D eigenvalue weighted by Gasteiger charge is -2.24. The van der Waals surface area contributed by atoms with Gasteiger partial charge >= 0.3 is 0 Å². The van der Waals surface area contributed by atoms with Gasteiger partial charge in [0, 0.05) is 17.5 Å². The zero-order chi connectivity index (χ0) is 20.2. The molecule has 1 N–H and O–H groups in total. The van der Waals surface area contributed by atoms with Gasteiger partial charge < -0.3 is 5.32 Å². The van der Waals surface area contributed by atoms with Gasteiger partial charge in [-0.15, -0.1) is 11.3 Å². The second-order valence-corrected chi connectivity index (χ2v) is 8.31. The summed E-state index contributed by atoms with van der Waals surface area (Å²) in [6.07, 6.45) is 2.14. The molecule has 0 aliphatic heterocycles. The first-order chi connectivity index (χ1) is 14.1. The molecule has 0 radical (unpaired) electrons. The Balaban J connectivity index is 1.46. The molecule has 1 aromatic heterocycles. The summed E-state index contributed by atoms with van der Waals surface area (Å²) in [5.41, 5.74) is 1.83. The van der Waals surface area contributed by atoms with Crippen LogP contribution in [0.5, 0.6) is 0 Å². The molecule has 1 saturated carbocycles. The van der Waals surface area contributed by atoms with Crippen LogP contribution in [0.2, 0.25) is 0 Å². The highest BCUT2D eigenvalue weighted by molar-refractivity contribution is 7.10. The van der Waals surface area contributed by atoms with Gasteiger partial charge in [-0.05, 0) is 59.7 Å². The average Bonchev–Trinajstić information content (AvgIpc) is 3.42. The molecule has 6 heteroatoms. The predicted octanol–water partition coefficient (Wildman–Crippen LogP) is 4.90. The number of hydrogen-bond donors (Lipinski definition) is 1. The first kappa shape index (κ1) is 19.7. The lowest BCUT2D eigenvalue weighted by Crippen LogP contribution is -2.39. The Hall–Kier alpha value is -2.57. The second kappa shape index (κ2) is 8.84. The monoisotopic (exact) mass is 412 g/mol. The van der Waals surface area contributed by atoms with Crippen molar-refractivity contribution in [3.05, 3.63) is 93.7 Å². The minimum atomic E-state index is -0.310. The van der Waals surface area contributed by atoms with Crippen molar-refractivity contribution < 1.29 is 13.6 Å². The van der Waals surface area contributed by atoms with Crippen LogP contribution in [0.15, 0.2) is 66.0 Å². The molecule has 1 heterocycles. The molecule has 1 atom stereocenters. The van der Waals surface area contributed by atoms with E-state index in [-0.39, 0.29) is 30.1 Å². The molecular formula is C23H22F2N2OS. The van der Waals surface area contributed by atoms with Crippen LogP contribution in [0.3, 0.4) is 0 Å². The number of carbonyl (C=O) groups is 1. The molecule has 3 aromatic rings. The minimum Gasteiger partial charge on any atom is -0.343 e. The first-order valence-electron chi connectivity index (χ1n) is 9.65. The Kier molecular flexibility index (Phi) is 6.02. The van der Waals surface area contributed by atoms with Crippen LogP contribution < -0.4 is 5.32 Å². The zero-order valence-electron chi connectivity index (χ0n) is 15.9.